The van der Waals surface area contributed by atoms with E-state index >= 15 is 0 Å². The van der Waals surface area contributed by atoms with Crippen molar-refractivity contribution >= 4 is 40.5 Å². The standard InChI is InChI=1S/C21H21Cl3N2O/c22-13-9-16(23)20(17(24)10-13)12-7-14-15-11-25-4-3-19(15)27-21(14)18(8-12)26-5-1-2-6-26/h7-10,15,19,25H,1-6,11H2/t15-,19-/m0/s1. The average molecular weight is 424 g/mol. The van der Waals surface area contributed by atoms with Crippen LogP contribution in [-0.4, -0.2) is 32.3 Å². The Kier molecular flexibility index (Phi) is 4.68. The predicted molar refractivity (Wildman–Crippen MR) is 113 cm³/mol. The molecule has 1 N–H and O–H groups in total. The summed E-state index contributed by atoms with van der Waals surface area (Å²) in [6.45, 7) is 4.09. The van der Waals surface area contributed by atoms with Crippen LogP contribution in [0.4, 0.5) is 5.69 Å². The first-order valence-electron chi connectivity index (χ1n) is 9.57. The Balaban J connectivity index is 1.69. The Hall–Kier alpha value is -1.13. The van der Waals surface area contributed by atoms with Crippen LogP contribution in [0.5, 0.6) is 5.75 Å². The maximum atomic E-state index is 6.54. The lowest BCUT2D eigenvalue weighted by molar-refractivity contribution is 0.172. The van der Waals surface area contributed by atoms with Gasteiger partial charge in [-0.15, -0.1) is 0 Å². The van der Waals surface area contributed by atoms with Crippen LogP contribution in [0, 0.1) is 0 Å². The number of fused-ring (bicyclic) bond motifs is 3. The third kappa shape index (κ3) is 3.09. The molecular weight excluding hydrogens is 403 g/mol. The molecule has 0 bridgehead atoms. The fraction of sp³-hybridized carbons (Fsp3) is 0.429. The van der Waals surface area contributed by atoms with Gasteiger partial charge in [-0.05, 0) is 55.6 Å². The fourth-order valence-corrected chi connectivity index (χ4v) is 5.67. The normalized spacial score (nSPS) is 23.9. The smallest absolute Gasteiger partial charge is 0.146 e. The Labute approximate surface area is 174 Å². The molecule has 2 saturated heterocycles. The highest BCUT2D eigenvalue weighted by atomic mass is 35.5. The molecule has 3 aliphatic rings. The van der Waals surface area contributed by atoms with Crippen LogP contribution in [0.25, 0.3) is 11.1 Å². The van der Waals surface area contributed by atoms with Crippen LogP contribution in [-0.2, 0) is 0 Å². The van der Waals surface area contributed by atoms with Gasteiger partial charge in [-0.1, -0.05) is 34.8 Å². The summed E-state index contributed by atoms with van der Waals surface area (Å²) in [4.78, 5) is 2.44. The summed E-state index contributed by atoms with van der Waals surface area (Å²) in [7, 11) is 0. The van der Waals surface area contributed by atoms with Crippen molar-refractivity contribution in [1.29, 1.82) is 0 Å². The summed E-state index contributed by atoms with van der Waals surface area (Å²) in [6, 6.07) is 7.92. The number of hydrogen-bond donors (Lipinski definition) is 1. The Morgan fingerprint density at radius 2 is 1.74 bits per heavy atom. The van der Waals surface area contributed by atoms with E-state index in [1.165, 1.54) is 24.1 Å². The monoisotopic (exact) mass is 422 g/mol. The van der Waals surface area contributed by atoms with Gasteiger partial charge in [-0.3, -0.25) is 0 Å². The van der Waals surface area contributed by atoms with Gasteiger partial charge < -0.3 is 15.0 Å². The molecule has 0 aromatic heterocycles. The SMILES string of the molecule is Clc1cc(Cl)c(-c2cc3c(c(N4CCCC4)c2)O[C@H]2CCNC[C@@H]32)c(Cl)c1. The Morgan fingerprint density at radius 3 is 2.48 bits per heavy atom. The zero-order valence-electron chi connectivity index (χ0n) is 14.9. The number of benzene rings is 2. The van der Waals surface area contributed by atoms with Crippen LogP contribution in [0.2, 0.25) is 15.1 Å². The zero-order chi connectivity index (χ0) is 18.5. The molecule has 3 nitrogen and oxygen atoms in total. The number of nitrogens with zero attached hydrogens (tertiary/aromatic N) is 1. The Bertz CT molecular complexity index is 872. The van der Waals surface area contributed by atoms with E-state index < -0.39 is 0 Å². The lowest BCUT2D eigenvalue weighted by Crippen LogP contribution is -2.37. The lowest BCUT2D eigenvalue weighted by atomic mass is 9.88. The molecule has 142 valence electrons. The molecule has 2 aromatic carbocycles. The highest BCUT2D eigenvalue weighted by molar-refractivity contribution is 6.41. The number of hydrogen-bond acceptors (Lipinski definition) is 3. The minimum Gasteiger partial charge on any atom is -0.487 e. The van der Waals surface area contributed by atoms with Crippen molar-refractivity contribution < 1.29 is 4.74 Å². The largest absolute Gasteiger partial charge is 0.487 e. The van der Waals surface area contributed by atoms with Crippen LogP contribution < -0.4 is 15.0 Å². The van der Waals surface area contributed by atoms with Crippen LogP contribution in [0.1, 0.15) is 30.7 Å². The van der Waals surface area contributed by atoms with Gasteiger partial charge in [0.2, 0.25) is 0 Å². The summed E-state index contributed by atoms with van der Waals surface area (Å²) < 4.78 is 6.46. The summed E-state index contributed by atoms with van der Waals surface area (Å²) in [5.41, 5.74) is 4.33. The molecule has 5 rings (SSSR count). The fourth-order valence-electron chi connectivity index (χ4n) is 4.63. The summed E-state index contributed by atoms with van der Waals surface area (Å²) in [5, 5.41) is 5.22. The van der Waals surface area contributed by atoms with Gasteiger partial charge in [0, 0.05) is 41.7 Å². The maximum Gasteiger partial charge on any atom is 0.146 e. The first kappa shape index (κ1) is 17.9. The summed E-state index contributed by atoms with van der Waals surface area (Å²) in [5.74, 6) is 1.43. The van der Waals surface area contributed by atoms with Crippen molar-refractivity contribution in [3.8, 4) is 16.9 Å². The lowest BCUT2D eigenvalue weighted by Gasteiger charge is -2.25. The molecule has 2 atom stereocenters. The third-order valence-corrected chi connectivity index (χ3v) is 6.74. The number of piperidine rings is 1. The number of ether oxygens (including phenoxy) is 1. The van der Waals surface area contributed by atoms with Crippen LogP contribution >= 0.6 is 34.8 Å². The third-order valence-electron chi connectivity index (χ3n) is 5.93. The van der Waals surface area contributed by atoms with Gasteiger partial charge in [0.05, 0.1) is 15.7 Å². The van der Waals surface area contributed by atoms with Gasteiger partial charge in [0.15, 0.2) is 0 Å². The summed E-state index contributed by atoms with van der Waals surface area (Å²) >= 11 is 19.2. The van der Waals surface area contributed by atoms with Crippen molar-refractivity contribution in [3.63, 3.8) is 0 Å². The van der Waals surface area contributed by atoms with Gasteiger partial charge >= 0.3 is 0 Å². The average Bonchev–Trinajstić information content (AvgIpc) is 3.28. The number of halogens is 3. The van der Waals surface area contributed by atoms with E-state index in [-0.39, 0.29) is 6.10 Å². The predicted octanol–water partition coefficient (Wildman–Crippen LogP) is 5.75. The van der Waals surface area contributed by atoms with Crippen LogP contribution in [0.3, 0.4) is 0 Å². The molecule has 0 saturated carbocycles. The molecule has 27 heavy (non-hydrogen) atoms. The van der Waals surface area contributed by atoms with E-state index in [2.05, 4.69) is 22.3 Å². The van der Waals surface area contributed by atoms with Crippen molar-refractivity contribution in [2.75, 3.05) is 31.1 Å². The molecule has 3 aliphatic heterocycles. The Morgan fingerprint density at radius 1 is 1.00 bits per heavy atom. The number of rotatable bonds is 2. The van der Waals surface area contributed by atoms with E-state index in [0.717, 1.165) is 49.5 Å². The van der Waals surface area contributed by atoms with Crippen molar-refractivity contribution in [1.82, 2.24) is 5.32 Å². The van der Waals surface area contributed by atoms with Gasteiger partial charge in [0.25, 0.3) is 0 Å². The van der Waals surface area contributed by atoms with E-state index in [4.69, 9.17) is 39.5 Å². The van der Waals surface area contributed by atoms with Crippen LogP contribution in [0.15, 0.2) is 24.3 Å². The second-order valence-electron chi connectivity index (χ2n) is 7.61. The highest BCUT2D eigenvalue weighted by Gasteiger charge is 2.39. The molecule has 0 spiro atoms. The number of anilines is 1. The molecule has 0 radical (unpaired) electrons. The summed E-state index contributed by atoms with van der Waals surface area (Å²) in [6.07, 6.45) is 3.73. The van der Waals surface area contributed by atoms with Gasteiger partial charge in [0.1, 0.15) is 11.9 Å². The molecule has 0 amide bonds. The zero-order valence-corrected chi connectivity index (χ0v) is 17.2. The van der Waals surface area contributed by atoms with Gasteiger partial charge in [-0.2, -0.15) is 0 Å². The molecular formula is C21H21Cl3N2O. The molecule has 3 heterocycles. The number of nitrogens with one attached hydrogen (secondary N) is 1. The molecule has 0 unspecified atom stereocenters. The molecule has 2 fully saturated rings. The van der Waals surface area contributed by atoms with E-state index in [1.54, 1.807) is 12.1 Å². The topological polar surface area (TPSA) is 24.5 Å². The quantitative estimate of drug-likeness (QED) is 0.665. The highest BCUT2D eigenvalue weighted by Crippen LogP contribution is 2.50. The minimum atomic E-state index is 0.258. The molecule has 0 aliphatic carbocycles. The second kappa shape index (κ2) is 7.04. The molecule has 6 heteroatoms. The van der Waals surface area contributed by atoms with Crippen molar-refractivity contribution in [3.05, 3.63) is 44.9 Å². The van der Waals surface area contributed by atoms with Crippen molar-refractivity contribution in [2.45, 2.75) is 31.3 Å². The molecule has 2 aromatic rings. The van der Waals surface area contributed by atoms with E-state index in [1.807, 2.05) is 0 Å². The minimum absolute atomic E-state index is 0.258. The first-order valence-corrected chi connectivity index (χ1v) is 10.7. The van der Waals surface area contributed by atoms with E-state index in [0.29, 0.717) is 21.0 Å². The van der Waals surface area contributed by atoms with E-state index in [9.17, 15) is 0 Å². The van der Waals surface area contributed by atoms with Crippen molar-refractivity contribution in [2.24, 2.45) is 0 Å². The first-order chi connectivity index (χ1) is 13.1. The van der Waals surface area contributed by atoms with Gasteiger partial charge in [-0.25, -0.2) is 0 Å². The second-order valence-corrected chi connectivity index (χ2v) is 8.86. The maximum absolute atomic E-state index is 6.54.